The Hall–Kier alpha value is -3.43. The second kappa shape index (κ2) is 14.0. The fraction of sp³-hybridized carbons (Fsp3) is 0.600. The van der Waals surface area contributed by atoms with Crippen LogP contribution in [0.3, 0.4) is 0 Å². The Bertz CT molecular complexity index is 1270. The molecular formula is C25H33N3O12P-. The van der Waals surface area contributed by atoms with E-state index >= 15 is 0 Å². The molecule has 2 rings (SSSR count). The van der Waals surface area contributed by atoms with Crippen LogP contribution in [0.15, 0.2) is 17.1 Å². The first kappa shape index (κ1) is 33.8. The highest BCUT2D eigenvalue weighted by Crippen LogP contribution is 2.48. The molecule has 0 aromatic carbocycles. The van der Waals surface area contributed by atoms with Gasteiger partial charge in [0.2, 0.25) is 0 Å². The summed E-state index contributed by atoms with van der Waals surface area (Å²) in [5.74, 6) is 4.01. The summed E-state index contributed by atoms with van der Waals surface area (Å²) in [6.45, 7) is 8.70. The van der Waals surface area contributed by atoms with Crippen molar-refractivity contribution in [3.05, 3.63) is 22.7 Å². The lowest BCUT2D eigenvalue weighted by molar-refractivity contribution is -0.242. The van der Waals surface area contributed by atoms with Gasteiger partial charge in [-0.2, -0.15) is 4.98 Å². The van der Waals surface area contributed by atoms with Crippen molar-refractivity contribution >= 4 is 25.9 Å². The summed E-state index contributed by atoms with van der Waals surface area (Å²) in [7, 11) is -5.06. The molecule has 1 aliphatic rings. The van der Waals surface area contributed by atoms with Crippen molar-refractivity contribution in [2.75, 3.05) is 25.1 Å². The van der Waals surface area contributed by atoms with Crippen LogP contribution in [-0.4, -0.2) is 71.1 Å². The fourth-order valence-corrected chi connectivity index (χ4v) is 4.59. The molecule has 16 heteroatoms. The third-order valence-corrected chi connectivity index (χ3v) is 6.00. The number of carbonyl (C=O) groups excluding carboxylic acids is 2. The number of aromatic nitrogens is 2. The molecule has 41 heavy (non-hydrogen) atoms. The molecule has 0 spiro atoms. The Labute approximate surface area is 237 Å². The number of rotatable bonds is 10. The molecule has 5 atom stereocenters. The second-order valence-corrected chi connectivity index (χ2v) is 11.7. The molecule has 0 aliphatic carbocycles. The zero-order valence-electron chi connectivity index (χ0n) is 23.5. The number of carbonyl (C=O) groups is 2. The van der Waals surface area contributed by atoms with Crippen LogP contribution in [-0.2, 0) is 37.3 Å². The molecule has 0 bridgehead atoms. The van der Waals surface area contributed by atoms with Crippen LogP contribution in [0.1, 0.15) is 47.8 Å². The molecule has 1 aliphatic heterocycles. The van der Waals surface area contributed by atoms with Crippen LogP contribution in [0.4, 0.5) is 15.4 Å². The van der Waals surface area contributed by atoms with Gasteiger partial charge in [0.05, 0.1) is 17.8 Å². The number of hydrogen-bond donors (Lipinski definition) is 1. The zero-order chi connectivity index (χ0) is 31.0. The van der Waals surface area contributed by atoms with E-state index < -0.39 is 68.1 Å². The van der Waals surface area contributed by atoms with E-state index in [1.165, 1.54) is 26.8 Å². The molecule has 1 saturated heterocycles. The predicted octanol–water partition coefficient (Wildman–Crippen LogP) is 1.96. The topological polar surface area (TPSA) is 186 Å². The summed E-state index contributed by atoms with van der Waals surface area (Å²) in [5, 5.41) is 2.22. The number of ether oxygens (including phenoxy) is 5. The lowest BCUT2D eigenvalue weighted by Crippen LogP contribution is -2.42. The third-order valence-electron chi connectivity index (χ3n) is 4.73. The Morgan fingerprint density at radius 3 is 2.32 bits per heavy atom. The molecule has 0 radical (unpaired) electrons. The van der Waals surface area contributed by atoms with E-state index in [2.05, 4.69) is 26.9 Å². The van der Waals surface area contributed by atoms with Gasteiger partial charge in [-0.3, -0.25) is 14.4 Å². The maximum Gasteiger partial charge on any atom is 0.509 e. The van der Waals surface area contributed by atoms with Gasteiger partial charge in [-0.1, -0.05) is 11.8 Å². The second-order valence-electron chi connectivity index (χ2n) is 10.4. The van der Waals surface area contributed by atoms with Crippen LogP contribution >= 0.6 is 7.82 Å². The first-order valence-electron chi connectivity index (χ1n) is 12.2. The molecule has 226 valence electrons. The average Bonchev–Trinajstić information content (AvgIpc) is 3.14. The van der Waals surface area contributed by atoms with E-state index in [0.717, 1.165) is 10.8 Å². The maximum atomic E-state index is 13.0. The number of hydrogen-bond acceptors (Lipinski definition) is 13. The van der Waals surface area contributed by atoms with Gasteiger partial charge in [-0.05, 0) is 47.6 Å². The summed E-state index contributed by atoms with van der Waals surface area (Å²) in [6.07, 6.45) is 3.18. The molecule has 15 nitrogen and oxygen atoms in total. The van der Waals surface area contributed by atoms with Crippen molar-refractivity contribution in [3.63, 3.8) is 0 Å². The van der Waals surface area contributed by atoms with E-state index in [1.54, 1.807) is 20.8 Å². The van der Waals surface area contributed by atoms with Crippen molar-refractivity contribution in [2.24, 2.45) is 0 Å². The highest BCUT2D eigenvalue weighted by atomic mass is 31.2. The lowest BCUT2D eigenvalue weighted by atomic mass is 10.1. The molecule has 1 aromatic heterocycles. The van der Waals surface area contributed by atoms with Gasteiger partial charge in [0.1, 0.15) is 18.0 Å². The van der Waals surface area contributed by atoms with Gasteiger partial charge < -0.3 is 37.6 Å². The van der Waals surface area contributed by atoms with Gasteiger partial charge in [-0.15, -0.1) is 12.8 Å². The Morgan fingerprint density at radius 2 is 1.76 bits per heavy atom. The highest BCUT2D eigenvalue weighted by Gasteiger charge is 2.52. The van der Waals surface area contributed by atoms with E-state index in [4.69, 9.17) is 40.8 Å². The normalized spacial score (nSPS) is 22.1. The largest absolute Gasteiger partial charge is 0.756 e. The minimum absolute atomic E-state index is 0.194. The third kappa shape index (κ3) is 11.2. The molecule has 1 amide bonds. The van der Waals surface area contributed by atoms with Gasteiger partial charge in [0, 0.05) is 6.20 Å². The van der Waals surface area contributed by atoms with Crippen LogP contribution < -0.4 is 15.9 Å². The Kier molecular flexibility index (Phi) is 11.5. The van der Waals surface area contributed by atoms with Crippen molar-refractivity contribution < 1.29 is 51.8 Å². The van der Waals surface area contributed by atoms with Crippen molar-refractivity contribution in [1.82, 2.24) is 9.55 Å². The van der Waals surface area contributed by atoms with Crippen LogP contribution in [0.25, 0.3) is 0 Å². The zero-order valence-corrected chi connectivity index (χ0v) is 24.4. The SMILES string of the molecule is C#CCOC(=O)Nc1ccn([C@@H]2O[C@H](COC(C)(C)C)C(OP(=O)([O-])OC(C)(C)C)[C@@H]2OC(=O)OCC#C)c(=O)n1. The summed E-state index contributed by atoms with van der Waals surface area (Å²) < 4.78 is 50.7. The van der Waals surface area contributed by atoms with Gasteiger partial charge in [0.15, 0.2) is 25.5 Å². The Morgan fingerprint density at radius 1 is 1.12 bits per heavy atom. The fourth-order valence-electron chi connectivity index (χ4n) is 3.33. The minimum atomic E-state index is -5.06. The Balaban J connectivity index is 2.50. The number of terminal acetylenes is 2. The molecule has 1 N–H and O–H groups in total. The van der Waals surface area contributed by atoms with E-state index in [1.807, 2.05) is 0 Å². The average molecular weight is 599 g/mol. The first-order valence-corrected chi connectivity index (χ1v) is 13.6. The number of nitrogens with zero attached hydrogens (tertiary/aromatic N) is 2. The quantitative estimate of drug-likeness (QED) is 0.234. The van der Waals surface area contributed by atoms with E-state index in [9.17, 15) is 23.8 Å². The van der Waals surface area contributed by atoms with Crippen molar-refractivity contribution in [1.29, 1.82) is 0 Å². The number of nitrogens with one attached hydrogen (secondary N) is 1. The maximum absolute atomic E-state index is 13.0. The molecule has 0 saturated carbocycles. The van der Waals surface area contributed by atoms with Crippen LogP contribution in [0.5, 0.6) is 0 Å². The summed E-state index contributed by atoms with van der Waals surface area (Å²) in [4.78, 5) is 53.7. The first-order chi connectivity index (χ1) is 18.9. The summed E-state index contributed by atoms with van der Waals surface area (Å²) in [5.41, 5.74) is -2.85. The minimum Gasteiger partial charge on any atom is -0.756 e. The highest BCUT2D eigenvalue weighted by molar-refractivity contribution is 7.45. The molecule has 1 aromatic rings. The summed E-state index contributed by atoms with van der Waals surface area (Å²) >= 11 is 0. The van der Waals surface area contributed by atoms with Crippen LogP contribution in [0, 0.1) is 24.7 Å². The number of phosphoric acid groups is 1. The monoisotopic (exact) mass is 598 g/mol. The van der Waals surface area contributed by atoms with Crippen molar-refractivity contribution in [2.45, 2.75) is 77.3 Å². The molecule has 2 unspecified atom stereocenters. The van der Waals surface area contributed by atoms with Gasteiger partial charge in [0.25, 0.3) is 7.82 Å². The molecule has 1 fully saturated rings. The predicted molar refractivity (Wildman–Crippen MR) is 140 cm³/mol. The summed E-state index contributed by atoms with van der Waals surface area (Å²) in [6, 6.07) is 1.21. The standard InChI is InChI=1S/C25H34N3O12P/c1-9-13-34-22(30)27-17-11-12-28(21(29)26-17)20-19(38-23(31)35-14-10-2)18(16(37-20)15-36-24(3,4)5)39-41(32,33)40-25(6,7)8/h1-2,11-12,16,18-20H,13-15H2,3-8H3,(H,32,33)(H,26,27,29,30)/p-1/t16-,18?,19+,20-/m1/s1. The smallest absolute Gasteiger partial charge is 0.509 e. The van der Waals surface area contributed by atoms with Gasteiger partial charge in [-0.25, -0.2) is 14.4 Å². The number of phosphoric ester groups is 1. The number of anilines is 1. The molecular weight excluding hydrogens is 565 g/mol. The van der Waals surface area contributed by atoms with Crippen molar-refractivity contribution in [3.8, 4) is 24.7 Å². The molecule has 2 heterocycles. The lowest BCUT2D eigenvalue weighted by Gasteiger charge is -2.35. The van der Waals surface area contributed by atoms with Gasteiger partial charge >= 0.3 is 17.9 Å². The van der Waals surface area contributed by atoms with E-state index in [-0.39, 0.29) is 19.0 Å². The van der Waals surface area contributed by atoms with E-state index in [0.29, 0.717) is 0 Å². The number of amides is 1. The van der Waals surface area contributed by atoms with Crippen LogP contribution in [0.2, 0.25) is 0 Å².